The first-order chi connectivity index (χ1) is 8.97. The van der Waals surface area contributed by atoms with Crippen LogP contribution in [0.3, 0.4) is 0 Å². The predicted octanol–water partition coefficient (Wildman–Crippen LogP) is 0.797. The molecule has 1 aromatic carbocycles. The molecule has 0 bridgehead atoms. The van der Waals surface area contributed by atoms with E-state index in [1.165, 1.54) is 0 Å². The zero-order valence-corrected chi connectivity index (χ0v) is 10.1. The fraction of sp³-hybridized carbons (Fsp3) is 0.333. The standard InChI is InChI=1S/C12H14FN3O3/c13-8-4-9(14)7(12(18)19)3-10(8)15-5-11(17)16-6-1-2-6/h3-4,6,15H,1-2,5,14H2,(H,16,17)(H,18,19). The molecular weight excluding hydrogens is 253 g/mol. The Labute approximate surface area is 108 Å². The molecule has 0 aliphatic heterocycles. The zero-order valence-electron chi connectivity index (χ0n) is 10.1. The maximum absolute atomic E-state index is 13.6. The van der Waals surface area contributed by atoms with Crippen molar-refractivity contribution in [3.8, 4) is 0 Å². The van der Waals surface area contributed by atoms with Crippen LogP contribution in [0, 0.1) is 5.82 Å². The smallest absolute Gasteiger partial charge is 0.337 e. The van der Waals surface area contributed by atoms with E-state index in [0.717, 1.165) is 25.0 Å². The number of rotatable bonds is 5. The van der Waals surface area contributed by atoms with Gasteiger partial charge in [0.2, 0.25) is 5.91 Å². The first-order valence-corrected chi connectivity index (χ1v) is 5.83. The predicted molar refractivity (Wildman–Crippen MR) is 67.4 cm³/mol. The van der Waals surface area contributed by atoms with E-state index in [4.69, 9.17) is 10.8 Å². The van der Waals surface area contributed by atoms with Crippen molar-refractivity contribution < 1.29 is 19.1 Å². The average Bonchev–Trinajstić information content (AvgIpc) is 3.11. The van der Waals surface area contributed by atoms with E-state index < -0.39 is 11.8 Å². The van der Waals surface area contributed by atoms with Gasteiger partial charge in [0.1, 0.15) is 5.82 Å². The first-order valence-electron chi connectivity index (χ1n) is 5.83. The van der Waals surface area contributed by atoms with Crippen LogP contribution in [-0.4, -0.2) is 29.6 Å². The van der Waals surface area contributed by atoms with E-state index in [0.29, 0.717) is 0 Å². The molecule has 0 atom stereocenters. The third-order valence-corrected chi connectivity index (χ3v) is 2.75. The van der Waals surface area contributed by atoms with Crippen LogP contribution in [0.15, 0.2) is 12.1 Å². The Morgan fingerprint density at radius 2 is 2.11 bits per heavy atom. The molecule has 1 aliphatic carbocycles. The topological polar surface area (TPSA) is 104 Å². The molecule has 0 heterocycles. The molecule has 7 heteroatoms. The minimum atomic E-state index is -1.25. The average molecular weight is 267 g/mol. The van der Waals surface area contributed by atoms with E-state index in [9.17, 15) is 14.0 Å². The highest BCUT2D eigenvalue weighted by molar-refractivity contribution is 5.95. The maximum Gasteiger partial charge on any atom is 0.337 e. The monoisotopic (exact) mass is 267 g/mol. The van der Waals surface area contributed by atoms with Crippen LogP contribution in [0.1, 0.15) is 23.2 Å². The van der Waals surface area contributed by atoms with Gasteiger partial charge in [0.15, 0.2) is 0 Å². The molecule has 0 aromatic heterocycles. The lowest BCUT2D eigenvalue weighted by atomic mass is 10.1. The molecule has 1 fully saturated rings. The highest BCUT2D eigenvalue weighted by Gasteiger charge is 2.23. The molecule has 0 saturated heterocycles. The van der Waals surface area contributed by atoms with Crippen molar-refractivity contribution in [1.29, 1.82) is 0 Å². The van der Waals surface area contributed by atoms with Crippen LogP contribution in [0.25, 0.3) is 0 Å². The Bertz CT molecular complexity index is 529. The number of carboxylic acid groups (broad SMARTS) is 1. The number of halogens is 1. The SMILES string of the molecule is Nc1cc(F)c(NCC(=O)NC2CC2)cc1C(=O)O. The number of hydrogen-bond donors (Lipinski definition) is 4. The number of nitrogens with two attached hydrogens (primary N) is 1. The number of benzene rings is 1. The largest absolute Gasteiger partial charge is 0.478 e. The van der Waals surface area contributed by atoms with Crippen LogP contribution in [-0.2, 0) is 4.79 Å². The first kappa shape index (κ1) is 13.1. The number of nitrogens with one attached hydrogen (secondary N) is 2. The number of carbonyl (C=O) groups excluding carboxylic acids is 1. The Hall–Kier alpha value is -2.31. The van der Waals surface area contributed by atoms with Gasteiger partial charge in [-0.25, -0.2) is 9.18 Å². The fourth-order valence-corrected chi connectivity index (χ4v) is 1.59. The summed E-state index contributed by atoms with van der Waals surface area (Å²) in [5, 5.41) is 14.2. The van der Waals surface area contributed by atoms with E-state index in [-0.39, 0.29) is 35.4 Å². The number of hydrogen-bond acceptors (Lipinski definition) is 4. The number of aromatic carboxylic acids is 1. The minimum Gasteiger partial charge on any atom is -0.478 e. The molecule has 1 aromatic rings. The lowest BCUT2D eigenvalue weighted by molar-refractivity contribution is -0.119. The number of nitrogen functional groups attached to an aromatic ring is 1. The summed E-state index contributed by atoms with van der Waals surface area (Å²) in [6.45, 7) is -0.115. The summed E-state index contributed by atoms with van der Waals surface area (Å²) in [5.74, 6) is -2.19. The summed E-state index contributed by atoms with van der Waals surface area (Å²) in [6.07, 6.45) is 1.93. The van der Waals surface area contributed by atoms with Crippen molar-refractivity contribution in [3.63, 3.8) is 0 Å². The van der Waals surface area contributed by atoms with Gasteiger partial charge >= 0.3 is 5.97 Å². The van der Waals surface area contributed by atoms with Gasteiger partial charge in [-0.2, -0.15) is 0 Å². The highest BCUT2D eigenvalue weighted by atomic mass is 19.1. The number of carboxylic acids is 1. The van der Waals surface area contributed by atoms with Gasteiger partial charge in [-0.05, 0) is 25.0 Å². The minimum absolute atomic E-state index is 0.0578. The van der Waals surface area contributed by atoms with Gasteiger partial charge in [0, 0.05) is 11.7 Å². The van der Waals surface area contributed by atoms with E-state index >= 15 is 0 Å². The third kappa shape index (κ3) is 3.34. The summed E-state index contributed by atoms with van der Waals surface area (Å²) >= 11 is 0. The van der Waals surface area contributed by atoms with Crippen molar-refractivity contribution in [2.75, 3.05) is 17.6 Å². The van der Waals surface area contributed by atoms with Gasteiger partial charge in [-0.15, -0.1) is 0 Å². The van der Waals surface area contributed by atoms with Gasteiger partial charge in [0.25, 0.3) is 0 Å². The van der Waals surface area contributed by atoms with Crippen molar-refractivity contribution in [1.82, 2.24) is 5.32 Å². The Morgan fingerprint density at radius 1 is 1.42 bits per heavy atom. The molecule has 1 amide bonds. The van der Waals surface area contributed by atoms with E-state index in [1.807, 2.05) is 0 Å². The Balaban J connectivity index is 2.04. The van der Waals surface area contributed by atoms with E-state index in [1.54, 1.807) is 0 Å². The van der Waals surface area contributed by atoms with Crippen LogP contribution >= 0.6 is 0 Å². The number of amides is 1. The van der Waals surface area contributed by atoms with Crippen LogP contribution in [0.5, 0.6) is 0 Å². The number of anilines is 2. The maximum atomic E-state index is 13.6. The molecule has 102 valence electrons. The van der Waals surface area contributed by atoms with Crippen molar-refractivity contribution >= 4 is 23.3 Å². The van der Waals surface area contributed by atoms with Crippen LogP contribution in [0.4, 0.5) is 15.8 Å². The van der Waals surface area contributed by atoms with Gasteiger partial charge < -0.3 is 21.5 Å². The molecule has 19 heavy (non-hydrogen) atoms. The van der Waals surface area contributed by atoms with Crippen molar-refractivity contribution in [3.05, 3.63) is 23.5 Å². The quantitative estimate of drug-likeness (QED) is 0.591. The highest BCUT2D eigenvalue weighted by Crippen LogP contribution is 2.22. The second-order valence-corrected chi connectivity index (χ2v) is 4.42. The summed E-state index contributed by atoms with van der Waals surface area (Å²) in [6, 6.07) is 2.22. The fourth-order valence-electron chi connectivity index (χ4n) is 1.59. The molecule has 1 aliphatic rings. The molecule has 1 saturated carbocycles. The van der Waals surface area contributed by atoms with Crippen molar-refractivity contribution in [2.45, 2.75) is 18.9 Å². The number of carbonyl (C=O) groups is 2. The van der Waals surface area contributed by atoms with Crippen molar-refractivity contribution in [2.24, 2.45) is 0 Å². The zero-order chi connectivity index (χ0) is 14.0. The summed E-state index contributed by atoms with van der Waals surface area (Å²) in [4.78, 5) is 22.3. The summed E-state index contributed by atoms with van der Waals surface area (Å²) in [7, 11) is 0. The molecule has 0 radical (unpaired) electrons. The molecule has 0 spiro atoms. The molecule has 2 rings (SSSR count). The van der Waals surface area contributed by atoms with Crippen LogP contribution in [0.2, 0.25) is 0 Å². The molecule has 6 nitrogen and oxygen atoms in total. The van der Waals surface area contributed by atoms with Crippen LogP contribution < -0.4 is 16.4 Å². The summed E-state index contributed by atoms with van der Waals surface area (Å²) < 4.78 is 13.6. The Morgan fingerprint density at radius 3 is 2.68 bits per heavy atom. The normalized spacial score (nSPS) is 13.9. The Kier molecular flexibility index (Phi) is 3.55. The van der Waals surface area contributed by atoms with E-state index in [2.05, 4.69) is 10.6 Å². The molecule has 0 unspecified atom stereocenters. The second-order valence-electron chi connectivity index (χ2n) is 4.42. The lowest BCUT2D eigenvalue weighted by Gasteiger charge is -2.10. The second kappa shape index (κ2) is 5.13. The van der Waals surface area contributed by atoms with Gasteiger partial charge in [-0.1, -0.05) is 0 Å². The lowest BCUT2D eigenvalue weighted by Crippen LogP contribution is -2.31. The summed E-state index contributed by atoms with van der Waals surface area (Å²) in [5.41, 5.74) is 4.98. The van der Waals surface area contributed by atoms with Gasteiger partial charge in [-0.3, -0.25) is 4.79 Å². The molecular formula is C12H14FN3O3. The third-order valence-electron chi connectivity index (χ3n) is 2.75. The molecule has 5 N–H and O–H groups in total. The van der Waals surface area contributed by atoms with Gasteiger partial charge in [0.05, 0.1) is 17.8 Å².